The lowest BCUT2D eigenvalue weighted by Gasteiger charge is -2.36. The molecule has 1 fully saturated rings. The van der Waals surface area contributed by atoms with Crippen LogP contribution in [-0.4, -0.2) is 12.1 Å². The van der Waals surface area contributed by atoms with Crippen LogP contribution in [0.15, 0.2) is 18.2 Å². The van der Waals surface area contributed by atoms with Gasteiger partial charge in [-0.3, -0.25) is 0 Å². The van der Waals surface area contributed by atoms with E-state index < -0.39 is 0 Å². The van der Waals surface area contributed by atoms with E-state index in [1.165, 1.54) is 24.6 Å². The highest BCUT2D eigenvalue weighted by molar-refractivity contribution is 5.91. The molecule has 0 aromatic heterocycles. The van der Waals surface area contributed by atoms with Gasteiger partial charge in [0.2, 0.25) is 0 Å². The van der Waals surface area contributed by atoms with E-state index in [-0.39, 0.29) is 17.9 Å². The highest BCUT2D eigenvalue weighted by atomic mass is 19.1. The van der Waals surface area contributed by atoms with Crippen LogP contribution < -0.4 is 0 Å². The lowest BCUT2D eigenvalue weighted by Crippen LogP contribution is -2.36. The second-order valence-electron chi connectivity index (χ2n) is 6.73. The largest absolute Gasteiger partial charge is 0.458 e. The third-order valence-corrected chi connectivity index (χ3v) is 4.63. The van der Waals surface area contributed by atoms with Crippen LogP contribution in [0.5, 0.6) is 0 Å². The minimum atomic E-state index is -0.324. The zero-order chi connectivity index (χ0) is 15.6. The van der Waals surface area contributed by atoms with E-state index in [9.17, 15) is 9.18 Å². The average molecular weight is 292 g/mol. The van der Waals surface area contributed by atoms with Crippen molar-refractivity contribution >= 4 is 5.97 Å². The Morgan fingerprint density at radius 3 is 2.67 bits per heavy atom. The molecule has 0 N–H and O–H groups in total. The van der Waals surface area contributed by atoms with Crippen LogP contribution in [-0.2, 0) is 4.74 Å². The normalized spacial score (nSPS) is 25.9. The highest BCUT2D eigenvalue weighted by Gasteiger charge is 2.33. The lowest BCUT2D eigenvalue weighted by molar-refractivity contribution is -0.0174. The number of hydrogen-bond donors (Lipinski definition) is 0. The summed E-state index contributed by atoms with van der Waals surface area (Å²) < 4.78 is 18.9. The van der Waals surface area contributed by atoms with E-state index in [0.717, 1.165) is 12.8 Å². The van der Waals surface area contributed by atoms with Gasteiger partial charge in [0, 0.05) is 0 Å². The summed E-state index contributed by atoms with van der Waals surface area (Å²) >= 11 is 0. The zero-order valence-electron chi connectivity index (χ0n) is 13.4. The first kappa shape index (κ1) is 16.0. The van der Waals surface area contributed by atoms with Gasteiger partial charge in [0.25, 0.3) is 0 Å². The van der Waals surface area contributed by atoms with Crippen LogP contribution in [0.2, 0.25) is 0 Å². The molecule has 2 nitrogen and oxygen atoms in total. The third kappa shape index (κ3) is 3.84. The number of halogens is 1. The molecule has 0 radical (unpaired) electrons. The van der Waals surface area contributed by atoms with Gasteiger partial charge in [0.1, 0.15) is 11.9 Å². The summed E-state index contributed by atoms with van der Waals surface area (Å²) in [4.78, 5) is 12.4. The molecule has 0 heterocycles. The van der Waals surface area contributed by atoms with Crippen LogP contribution in [0, 0.1) is 30.5 Å². The Labute approximate surface area is 126 Å². The second kappa shape index (κ2) is 6.59. The Bertz CT molecular complexity index is 510. The molecule has 1 saturated carbocycles. The van der Waals surface area contributed by atoms with Crippen molar-refractivity contribution in [3.8, 4) is 0 Å². The predicted molar refractivity (Wildman–Crippen MR) is 81.7 cm³/mol. The van der Waals surface area contributed by atoms with Crippen molar-refractivity contribution in [1.82, 2.24) is 0 Å². The number of aryl methyl sites for hydroxylation is 1. The van der Waals surface area contributed by atoms with Crippen LogP contribution >= 0.6 is 0 Å². The van der Waals surface area contributed by atoms with E-state index in [2.05, 4.69) is 20.8 Å². The van der Waals surface area contributed by atoms with Crippen molar-refractivity contribution in [2.45, 2.75) is 53.1 Å². The molecular formula is C18H25FO2. The van der Waals surface area contributed by atoms with Gasteiger partial charge >= 0.3 is 5.97 Å². The Morgan fingerprint density at radius 1 is 1.33 bits per heavy atom. The molecule has 1 aliphatic carbocycles. The number of rotatable bonds is 3. The van der Waals surface area contributed by atoms with E-state index in [0.29, 0.717) is 28.9 Å². The fraction of sp³-hybridized carbons (Fsp3) is 0.611. The Kier molecular flexibility index (Phi) is 5.02. The molecule has 1 aliphatic rings. The number of hydrogen-bond acceptors (Lipinski definition) is 2. The summed E-state index contributed by atoms with van der Waals surface area (Å²) in [5.41, 5.74) is 1.10. The number of ether oxygens (including phenoxy) is 1. The van der Waals surface area contributed by atoms with Gasteiger partial charge in [-0.05, 0) is 61.3 Å². The van der Waals surface area contributed by atoms with Crippen molar-refractivity contribution in [1.29, 1.82) is 0 Å². The third-order valence-electron chi connectivity index (χ3n) is 4.63. The summed E-state index contributed by atoms with van der Waals surface area (Å²) in [6.07, 6.45) is 3.21. The first-order valence-corrected chi connectivity index (χ1v) is 7.85. The molecule has 0 spiro atoms. The predicted octanol–water partition coefficient (Wildman–Crippen LogP) is 4.75. The fourth-order valence-corrected chi connectivity index (χ4v) is 3.31. The van der Waals surface area contributed by atoms with Crippen LogP contribution in [0.4, 0.5) is 4.39 Å². The molecule has 3 atom stereocenters. The van der Waals surface area contributed by atoms with Crippen molar-refractivity contribution in [3.63, 3.8) is 0 Å². The summed E-state index contributed by atoms with van der Waals surface area (Å²) in [5.74, 6) is 0.871. The summed E-state index contributed by atoms with van der Waals surface area (Å²) in [6, 6.07) is 4.21. The Balaban J connectivity index is 2.12. The van der Waals surface area contributed by atoms with Crippen molar-refractivity contribution in [2.75, 3.05) is 0 Å². The number of esters is 1. The molecule has 0 saturated heterocycles. The van der Waals surface area contributed by atoms with Crippen LogP contribution in [0.1, 0.15) is 56.0 Å². The standard InChI is InChI=1S/C18H25FO2/c1-11(2)15-7-5-12(3)9-17(15)21-18(20)16-8-6-14(19)10-13(16)4/h6,8,10-12,15,17H,5,7,9H2,1-4H3. The fourth-order valence-electron chi connectivity index (χ4n) is 3.31. The van der Waals surface area contributed by atoms with E-state index in [1.807, 2.05) is 0 Å². The summed E-state index contributed by atoms with van der Waals surface area (Å²) in [5, 5.41) is 0. The maximum Gasteiger partial charge on any atom is 0.338 e. The average Bonchev–Trinajstić information content (AvgIpc) is 2.37. The molecule has 3 heteroatoms. The maximum atomic E-state index is 13.1. The second-order valence-corrected chi connectivity index (χ2v) is 6.73. The molecule has 1 aromatic carbocycles. The van der Waals surface area contributed by atoms with E-state index in [4.69, 9.17) is 4.74 Å². The van der Waals surface area contributed by atoms with Crippen molar-refractivity contribution in [2.24, 2.45) is 17.8 Å². The Hall–Kier alpha value is -1.38. The summed E-state index contributed by atoms with van der Waals surface area (Å²) in [7, 11) is 0. The highest BCUT2D eigenvalue weighted by Crippen LogP contribution is 2.35. The van der Waals surface area contributed by atoms with Gasteiger partial charge in [0.15, 0.2) is 0 Å². The van der Waals surface area contributed by atoms with Gasteiger partial charge in [-0.2, -0.15) is 0 Å². The van der Waals surface area contributed by atoms with E-state index in [1.54, 1.807) is 6.92 Å². The maximum absolute atomic E-state index is 13.1. The number of benzene rings is 1. The van der Waals surface area contributed by atoms with Gasteiger partial charge < -0.3 is 4.74 Å². The summed E-state index contributed by atoms with van der Waals surface area (Å²) in [6.45, 7) is 8.32. The number of carbonyl (C=O) groups is 1. The van der Waals surface area contributed by atoms with Gasteiger partial charge in [-0.15, -0.1) is 0 Å². The lowest BCUT2D eigenvalue weighted by atomic mass is 9.75. The molecule has 0 bridgehead atoms. The van der Waals surface area contributed by atoms with Crippen LogP contribution in [0.3, 0.4) is 0 Å². The molecule has 116 valence electrons. The van der Waals surface area contributed by atoms with Crippen LogP contribution in [0.25, 0.3) is 0 Å². The quantitative estimate of drug-likeness (QED) is 0.751. The smallest absolute Gasteiger partial charge is 0.338 e. The molecule has 0 aliphatic heterocycles. The van der Waals surface area contributed by atoms with Gasteiger partial charge in [-0.25, -0.2) is 9.18 Å². The van der Waals surface area contributed by atoms with Gasteiger partial charge in [-0.1, -0.05) is 27.2 Å². The van der Waals surface area contributed by atoms with Crippen molar-refractivity contribution < 1.29 is 13.9 Å². The molecule has 2 rings (SSSR count). The molecule has 1 aromatic rings. The number of carbonyl (C=O) groups excluding carboxylic acids is 1. The molecule has 3 unspecified atom stereocenters. The molecule has 0 amide bonds. The zero-order valence-corrected chi connectivity index (χ0v) is 13.4. The van der Waals surface area contributed by atoms with Gasteiger partial charge in [0.05, 0.1) is 5.56 Å². The first-order chi connectivity index (χ1) is 9.88. The minimum absolute atomic E-state index is 0.0225. The molecule has 21 heavy (non-hydrogen) atoms. The monoisotopic (exact) mass is 292 g/mol. The first-order valence-electron chi connectivity index (χ1n) is 7.85. The van der Waals surface area contributed by atoms with E-state index >= 15 is 0 Å². The Morgan fingerprint density at radius 2 is 2.05 bits per heavy atom. The SMILES string of the molecule is Cc1cc(F)ccc1C(=O)OC1CC(C)CCC1C(C)C. The topological polar surface area (TPSA) is 26.3 Å². The molecular weight excluding hydrogens is 267 g/mol. The van der Waals surface area contributed by atoms with Crippen molar-refractivity contribution in [3.05, 3.63) is 35.1 Å². The minimum Gasteiger partial charge on any atom is -0.458 e.